The van der Waals surface area contributed by atoms with Crippen LogP contribution in [0, 0.1) is 11.3 Å². The van der Waals surface area contributed by atoms with Crippen LogP contribution in [0.1, 0.15) is 52.4 Å². The number of nitrogens with zero attached hydrogens (tertiary/aromatic N) is 3. The van der Waals surface area contributed by atoms with Crippen molar-refractivity contribution in [2.24, 2.45) is 11.3 Å². The van der Waals surface area contributed by atoms with Crippen molar-refractivity contribution in [3.8, 4) is 0 Å². The summed E-state index contributed by atoms with van der Waals surface area (Å²) in [4.78, 5) is 2.59. The van der Waals surface area contributed by atoms with Gasteiger partial charge < -0.3 is 0 Å². The third kappa shape index (κ3) is 3.28. The van der Waals surface area contributed by atoms with E-state index in [9.17, 15) is 0 Å². The van der Waals surface area contributed by atoms with Crippen LogP contribution in [0.15, 0.2) is 4.47 Å². The first-order chi connectivity index (χ1) is 9.36. The number of rotatable bonds is 4. The average molecular weight is 342 g/mol. The largest absolute Gasteiger partial charge is 0.297 e. The maximum absolute atomic E-state index is 4.70. The van der Waals surface area contributed by atoms with E-state index in [4.69, 9.17) is 5.10 Å². The smallest absolute Gasteiger partial charge is 0.0767 e. The summed E-state index contributed by atoms with van der Waals surface area (Å²) in [5.41, 5.74) is 2.96. The summed E-state index contributed by atoms with van der Waals surface area (Å²) < 4.78 is 3.38. The Balaban J connectivity index is 2.10. The maximum atomic E-state index is 4.70. The van der Waals surface area contributed by atoms with Gasteiger partial charge in [-0.05, 0) is 53.6 Å². The summed E-state index contributed by atoms with van der Waals surface area (Å²) in [6, 6.07) is 0. The monoisotopic (exact) mass is 341 g/mol. The molecule has 0 N–H and O–H groups in total. The molecule has 0 amide bonds. The second-order valence-corrected chi connectivity index (χ2v) is 7.76. The summed E-state index contributed by atoms with van der Waals surface area (Å²) in [5, 5.41) is 4.70. The fraction of sp³-hybridized carbons (Fsp3) is 0.812. The predicted molar refractivity (Wildman–Crippen MR) is 87.8 cm³/mol. The summed E-state index contributed by atoms with van der Waals surface area (Å²) in [7, 11) is 0. The number of likely N-dealkylation sites (tertiary alicyclic amines) is 1. The van der Waals surface area contributed by atoms with Gasteiger partial charge in [0.15, 0.2) is 0 Å². The van der Waals surface area contributed by atoms with Gasteiger partial charge in [-0.3, -0.25) is 9.58 Å². The molecular weight excluding hydrogens is 314 g/mol. The van der Waals surface area contributed by atoms with Crippen molar-refractivity contribution in [3.63, 3.8) is 0 Å². The standard InChI is InChI=1S/C16H28BrN3/c1-6-13-15(17)14(20(7-2)18-13)11-19-9-8-12(10-19)16(3,4)5/h12H,6-11H2,1-5H3. The van der Waals surface area contributed by atoms with Crippen molar-refractivity contribution in [3.05, 3.63) is 15.9 Å². The van der Waals surface area contributed by atoms with E-state index < -0.39 is 0 Å². The zero-order chi connectivity index (χ0) is 14.9. The molecule has 20 heavy (non-hydrogen) atoms. The third-order valence-electron chi connectivity index (χ3n) is 4.56. The molecule has 1 atom stereocenters. The van der Waals surface area contributed by atoms with Gasteiger partial charge in [0.25, 0.3) is 0 Å². The van der Waals surface area contributed by atoms with Gasteiger partial charge in [-0.25, -0.2) is 0 Å². The number of aryl methyl sites for hydroxylation is 2. The number of hydrogen-bond donors (Lipinski definition) is 0. The molecule has 2 heterocycles. The molecule has 1 aromatic rings. The van der Waals surface area contributed by atoms with Gasteiger partial charge in [-0.1, -0.05) is 27.7 Å². The van der Waals surface area contributed by atoms with E-state index in [1.165, 1.54) is 35.4 Å². The number of hydrogen-bond acceptors (Lipinski definition) is 2. The van der Waals surface area contributed by atoms with Gasteiger partial charge in [0.1, 0.15) is 0 Å². The van der Waals surface area contributed by atoms with Crippen LogP contribution in [0.25, 0.3) is 0 Å². The molecule has 1 aliphatic heterocycles. The Morgan fingerprint density at radius 1 is 1.30 bits per heavy atom. The van der Waals surface area contributed by atoms with E-state index in [2.05, 4.69) is 60.1 Å². The van der Waals surface area contributed by atoms with E-state index in [0.29, 0.717) is 5.41 Å². The Morgan fingerprint density at radius 2 is 2.00 bits per heavy atom. The van der Waals surface area contributed by atoms with E-state index in [1.807, 2.05) is 0 Å². The Morgan fingerprint density at radius 3 is 2.50 bits per heavy atom. The van der Waals surface area contributed by atoms with E-state index in [0.717, 1.165) is 25.4 Å². The van der Waals surface area contributed by atoms with Gasteiger partial charge in [-0.2, -0.15) is 5.10 Å². The highest BCUT2D eigenvalue weighted by atomic mass is 79.9. The van der Waals surface area contributed by atoms with Crippen LogP contribution in [0.3, 0.4) is 0 Å². The molecule has 0 spiro atoms. The van der Waals surface area contributed by atoms with Crippen LogP contribution < -0.4 is 0 Å². The highest BCUT2D eigenvalue weighted by Crippen LogP contribution is 2.34. The van der Waals surface area contributed by atoms with Crippen LogP contribution in [-0.4, -0.2) is 27.8 Å². The van der Waals surface area contributed by atoms with Crippen LogP contribution in [0.4, 0.5) is 0 Å². The van der Waals surface area contributed by atoms with E-state index in [-0.39, 0.29) is 0 Å². The van der Waals surface area contributed by atoms with Crippen molar-refractivity contribution in [2.45, 2.75) is 60.5 Å². The first-order valence-corrected chi connectivity index (χ1v) is 8.62. The fourth-order valence-electron chi connectivity index (χ4n) is 3.06. The molecule has 0 radical (unpaired) electrons. The van der Waals surface area contributed by atoms with Gasteiger partial charge in [0.2, 0.25) is 0 Å². The molecule has 1 unspecified atom stereocenters. The highest BCUT2D eigenvalue weighted by molar-refractivity contribution is 9.10. The Hall–Kier alpha value is -0.350. The van der Waals surface area contributed by atoms with Crippen LogP contribution in [0.2, 0.25) is 0 Å². The predicted octanol–water partition coefficient (Wildman–Crippen LogP) is 4.10. The average Bonchev–Trinajstić information content (AvgIpc) is 2.96. The Labute approximate surface area is 131 Å². The highest BCUT2D eigenvalue weighted by Gasteiger charge is 2.32. The Kier molecular flexibility index (Phi) is 4.96. The molecule has 2 rings (SSSR count). The molecule has 0 aromatic carbocycles. The van der Waals surface area contributed by atoms with Gasteiger partial charge >= 0.3 is 0 Å². The molecule has 0 aliphatic carbocycles. The van der Waals surface area contributed by atoms with Gasteiger partial charge in [0, 0.05) is 19.6 Å². The molecule has 0 saturated carbocycles. The minimum Gasteiger partial charge on any atom is -0.297 e. The molecule has 1 fully saturated rings. The molecule has 1 aromatic heterocycles. The lowest BCUT2D eigenvalue weighted by Gasteiger charge is -2.27. The first kappa shape index (κ1) is 16.0. The molecule has 1 saturated heterocycles. The molecule has 114 valence electrons. The van der Waals surface area contributed by atoms with Crippen LogP contribution >= 0.6 is 15.9 Å². The molecule has 0 bridgehead atoms. The minimum absolute atomic E-state index is 0.422. The topological polar surface area (TPSA) is 21.1 Å². The summed E-state index contributed by atoms with van der Waals surface area (Å²) >= 11 is 3.75. The van der Waals surface area contributed by atoms with E-state index in [1.54, 1.807) is 0 Å². The molecule has 4 heteroatoms. The lowest BCUT2D eigenvalue weighted by molar-refractivity contribution is 0.224. The van der Waals surface area contributed by atoms with Crippen molar-refractivity contribution >= 4 is 15.9 Å². The third-order valence-corrected chi connectivity index (χ3v) is 5.48. The fourth-order valence-corrected chi connectivity index (χ4v) is 3.75. The van der Waals surface area contributed by atoms with Crippen molar-refractivity contribution in [1.29, 1.82) is 0 Å². The van der Waals surface area contributed by atoms with Gasteiger partial charge in [-0.15, -0.1) is 0 Å². The number of halogens is 1. The first-order valence-electron chi connectivity index (χ1n) is 7.83. The van der Waals surface area contributed by atoms with Crippen LogP contribution in [0.5, 0.6) is 0 Å². The maximum Gasteiger partial charge on any atom is 0.0767 e. The van der Waals surface area contributed by atoms with Gasteiger partial charge in [0.05, 0.1) is 15.9 Å². The van der Waals surface area contributed by atoms with E-state index >= 15 is 0 Å². The molecule has 1 aliphatic rings. The second-order valence-electron chi connectivity index (χ2n) is 6.96. The summed E-state index contributed by atoms with van der Waals surface area (Å²) in [6.45, 7) is 15.8. The molecular formula is C16H28BrN3. The lowest BCUT2D eigenvalue weighted by Crippen LogP contribution is -2.26. The number of aromatic nitrogens is 2. The van der Waals surface area contributed by atoms with Crippen molar-refractivity contribution < 1.29 is 0 Å². The summed E-state index contributed by atoms with van der Waals surface area (Å²) in [6.07, 6.45) is 2.31. The minimum atomic E-state index is 0.422. The zero-order valence-electron chi connectivity index (χ0n) is 13.5. The van der Waals surface area contributed by atoms with Crippen molar-refractivity contribution in [1.82, 2.24) is 14.7 Å². The van der Waals surface area contributed by atoms with Crippen LogP contribution in [-0.2, 0) is 19.5 Å². The molecule has 3 nitrogen and oxygen atoms in total. The summed E-state index contributed by atoms with van der Waals surface area (Å²) in [5.74, 6) is 0.810. The zero-order valence-corrected chi connectivity index (χ0v) is 15.1. The quantitative estimate of drug-likeness (QED) is 0.822. The second kappa shape index (κ2) is 6.18. The van der Waals surface area contributed by atoms with Crippen molar-refractivity contribution in [2.75, 3.05) is 13.1 Å². The normalized spacial score (nSPS) is 20.8. The SMILES string of the molecule is CCc1nn(CC)c(CN2CCC(C(C)(C)C)C2)c1Br. The lowest BCUT2D eigenvalue weighted by atomic mass is 9.80. The Bertz CT molecular complexity index is 459.